The highest BCUT2D eigenvalue weighted by Crippen LogP contribution is 2.18. The van der Waals surface area contributed by atoms with Crippen LogP contribution in [0.15, 0.2) is 73.1 Å². The number of para-hydroxylation sites is 2. The van der Waals surface area contributed by atoms with Crippen molar-refractivity contribution in [3.05, 3.63) is 89.7 Å². The molecule has 3 rings (SSSR count). The van der Waals surface area contributed by atoms with E-state index in [1.165, 1.54) is 0 Å². The summed E-state index contributed by atoms with van der Waals surface area (Å²) in [5.74, 6) is -0.554. The number of nitrogens with one attached hydrogen (secondary N) is 2. The van der Waals surface area contributed by atoms with Crippen LogP contribution in [0, 0.1) is 0 Å². The van der Waals surface area contributed by atoms with Gasteiger partial charge in [0.15, 0.2) is 0 Å². The van der Waals surface area contributed by atoms with Crippen molar-refractivity contribution in [1.29, 1.82) is 0 Å². The summed E-state index contributed by atoms with van der Waals surface area (Å²) in [5, 5.41) is 5.56. The molecule has 0 spiro atoms. The first-order chi connectivity index (χ1) is 13.5. The molecule has 1 atom stereocenters. The maximum absolute atomic E-state index is 12.3. The van der Waals surface area contributed by atoms with Gasteiger partial charge in [0.25, 0.3) is 5.91 Å². The van der Waals surface area contributed by atoms with Crippen LogP contribution >= 0.6 is 0 Å². The Morgan fingerprint density at radius 3 is 2.43 bits per heavy atom. The third-order valence-electron chi connectivity index (χ3n) is 4.22. The molecule has 3 aromatic rings. The highest BCUT2D eigenvalue weighted by Gasteiger charge is 2.15. The molecule has 1 heterocycles. The normalized spacial score (nSPS) is 11.5. The maximum Gasteiger partial charge on any atom is 0.255 e. The quantitative estimate of drug-likeness (QED) is 0.492. The van der Waals surface area contributed by atoms with Crippen molar-refractivity contribution >= 4 is 23.2 Å². The number of carbonyl (C=O) groups is 2. The Bertz CT molecular complexity index is 958. The number of nitrogen functional groups attached to an aromatic ring is 1. The Hall–Kier alpha value is -3.71. The van der Waals surface area contributed by atoms with Crippen molar-refractivity contribution in [3.8, 4) is 0 Å². The van der Waals surface area contributed by atoms with E-state index < -0.39 is 6.04 Å². The number of nitrogens with two attached hydrogens (primary N) is 2. The summed E-state index contributed by atoms with van der Waals surface area (Å²) in [7, 11) is 0. The van der Waals surface area contributed by atoms with Crippen LogP contribution in [-0.2, 0) is 11.3 Å². The van der Waals surface area contributed by atoms with Crippen molar-refractivity contribution < 1.29 is 9.59 Å². The van der Waals surface area contributed by atoms with E-state index in [0.717, 1.165) is 5.56 Å². The number of benzene rings is 2. The van der Waals surface area contributed by atoms with Crippen molar-refractivity contribution in [1.82, 2.24) is 10.3 Å². The van der Waals surface area contributed by atoms with Crippen LogP contribution in [-0.4, -0.2) is 16.8 Å². The first-order valence-electron chi connectivity index (χ1n) is 8.72. The van der Waals surface area contributed by atoms with Crippen molar-refractivity contribution in [2.75, 3.05) is 11.1 Å². The van der Waals surface area contributed by atoms with Crippen LogP contribution in [0.25, 0.3) is 0 Å². The number of amides is 2. The van der Waals surface area contributed by atoms with Crippen LogP contribution in [0.4, 0.5) is 11.4 Å². The third kappa shape index (κ3) is 4.72. The van der Waals surface area contributed by atoms with Gasteiger partial charge in [-0.2, -0.15) is 0 Å². The van der Waals surface area contributed by atoms with Crippen molar-refractivity contribution in [2.24, 2.45) is 5.73 Å². The van der Waals surface area contributed by atoms with E-state index in [1.54, 1.807) is 73.1 Å². The van der Waals surface area contributed by atoms with Gasteiger partial charge >= 0.3 is 0 Å². The average Bonchev–Trinajstić information content (AvgIpc) is 2.74. The summed E-state index contributed by atoms with van der Waals surface area (Å²) >= 11 is 0. The molecule has 28 heavy (non-hydrogen) atoms. The van der Waals surface area contributed by atoms with E-state index in [0.29, 0.717) is 29.0 Å². The lowest BCUT2D eigenvalue weighted by molar-refractivity contribution is -0.122. The summed E-state index contributed by atoms with van der Waals surface area (Å²) < 4.78 is 0. The molecule has 142 valence electrons. The first kappa shape index (κ1) is 19.1. The minimum atomic E-state index is -0.782. The number of rotatable bonds is 6. The topological polar surface area (TPSA) is 123 Å². The summed E-state index contributed by atoms with van der Waals surface area (Å²) in [6, 6.07) is 16.7. The van der Waals surface area contributed by atoms with Gasteiger partial charge in [-0.05, 0) is 41.5 Å². The number of hydrogen-bond acceptors (Lipinski definition) is 5. The summed E-state index contributed by atoms with van der Waals surface area (Å²) in [6.45, 7) is 0.306. The smallest absolute Gasteiger partial charge is 0.255 e. The molecule has 0 aliphatic heterocycles. The van der Waals surface area contributed by atoms with E-state index in [4.69, 9.17) is 11.5 Å². The Balaban J connectivity index is 1.56. The minimum absolute atomic E-state index is 0.257. The van der Waals surface area contributed by atoms with E-state index >= 15 is 0 Å². The Kier molecular flexibility index (Phi) is 5.98. The van der Waals surface area contributed by atoms with E-state index in [-0.39, 0.29) is 11.8 Å². The monoisotopic (exact) mass is 375 g/mol. The van der Waals surface area contributed by atoms with E-state index in [1.807, 2.05) is 0 Å². The molecule has 0 saturated carbocycles. The summed E-state index contributed by atoms with van der Waals surface area (Å²) in [6.07, 6.45) is 3.19. The number of pyridine rings is 1. The third-order valence-corrected chi connectivity index (χ3v) is 4.22. The number of nitrogens with zero attached hydrogens (tertiary/aromatic N) is 1. The first-order valence-corrected chi connectivity index (χ1v) is 8.72. The van der Waals surface area contributed by atoms with Gasteiger partial charge in [0.2, 0.25) is 5.91 Å². The molecule has 1 unspecified atom stereocenters. The predicted molar refractivity (Wildman–Crippen MR) is 108 cm³/mol. The molecule has 7 nitrogen and oxygen atoms in total. The average molecular weight is 375 g/mol. The lowest BCUT2D eigenvalue weighted by atomic mass is 10.1. The standard InChI is InChI=1S/C21H21N5O2/c22-17-5-1-2-6-18(17)26-20(27)15-9-7-14(8-10-15)12-25-21(28)19(23)16-4-3-11-24-13-16/h1-11,13,19H,12,22-23H2,(H,25,28)(H,26,27). The van der Waals surface area contributed by atoms with E-state index in [2.05, 4.69) is 15.6 Å². The molecule has 0 fully saturated rings. The van der Waals surface area contributed by atoms with Crippen molar-refractivity contribution in [2.45, 2.75) is 12.6 Å². The second kappa shape index (κ2) is 8.79. The lowest BCUT2D eigenvalue weighted by Crippen LogP contribution is -2.33. The molecule has 0 aliphatic rings. The molecule has 2 aromatic carbocycles. The van der Waals surface area contributed by atoms with Crippen LogP contribution in [0.3, 0.4) is 0 Å². The zero-order valence-corrected chi connectivity index (χ0v) is 15.1. The number of aromatic nitrogens is 1. The van der Waals surface area contributed by atoms with Gasteiger partial charge in [-0.15, -0.1) is 0 Å². The second-order valence-corrected chi connectivity index (χ2v) is 6.22. The van der Waals surface area contributed by atoms with Gasteiger partial charge in [0.05, 0.1) is 11.4 Å². The number of carbonyl (C=O) groups excluding carboxylic acids is 2. The fourth-order valence-electron chi connectivity index (χ4n) is 2.59. The minimum Gasteiger partial charge on any atom is -0.397 e. The number of anilines is 2. The van der Waals surface area contributed by atoms with Crippen LogP contribution in [0.5, 0.6) is 0 Å². The zero-order valence-electron chi connectivity index (χ0n) is 15.1. The summed E-state index contributed by atoms with van der Waals surface area (Å²) in [4.78, 5) is 28.5. The predicted octanol–water partition coefficient (Wildman–Crippen LogP) is 2.23. The summed E-state index contributed by atoms with van der Waals surface area (Å²) in [5.41, 5.74) is 14.8. The highest BCUT2D eigenvalue weighted by atomic mass is 16.2. The lowest BCUT2D eigenvalue weighted by Gasteiger charge is -2.12. The fraction of sp³-hybridized carbons (Fsp3) is 0.0952. The highest BCUT2D eigenvalue weighted by molar-refractivity contribution is 6.05. The second-order valence-electron chi connectivity index (χ2n) is 6.22. The molecule has 1 aromatic heterocycles. The van der Waals surface area contributed by atoms with Gasteiger partial charge in [0.1, 0.15) is 6.04 Å². The van der Waals surface area contributed by atoms with Crippen molar-refractivity contribution in [3.63, 3.8) is 0 Å². The molecule has 0 bridgehead atoms. The van der Waals surface area contributed by atoms with Crippen LogP contribution < -0.4 is 22.1 Å². The van der Waals surface area contributed by atoms with E-state index in [9.17, 15) is 9.59 Å². The number of hydrogen-bond donors (Lipinski definition) is 4. The molecule has 0 saturated heterocycles. The Morgan fingerprint density at radius 1 is 1.00 bits per heavy atom. The van der Waals surface area contributed by atoms with Crippen LogP contribution in [0.1, 0.15) is 27.5 Å². The molecule has 6 N–H and O–H groups in total. The SMILES string of the molecule is Nc1ccccc1NC(=O)c1ccc(CNC(=O)C(N)c2cccnc2)cc1. The maximum atomic E-state index is 12.3. The Labute approximate surface area is 162 Å². The molecule has 7 heteroatoms. The fourth-order valence-corrected chi connectivity index (χ4v) is 2.59. The van der Waals surface area contributed by atoms with Gasteiger partial charge in [-0.1, -0.05) is 30.3 Å². The molecular weight excluding hydrogens is 354 g/mol. The van der Waals surface area contributed by atoms with Gasteiger partial charge < -0.3 is 22.1 Å². The Morgan fingerprint density at radius 2 is 1.75 bits per heavy atom. The van der Waals surface area contributed by atoms with Crippen LogP contribution in [0.2, 0.25) is 0 Å². The molecule has 0 aliphatic carbocycles. The zero-order chi connectivity index (χ0) is 19.9. The van der Waals surface area contributed by atoms with Gasteiger partial charge in [0, 0.05) is 24.5 Å². The van der Waals surface area contributed by atoms with Gasteiger partial charge in [-0.3, -0.25) is 14.6 Å². The van der Waals surface area contributed by atoms with Gasteiger partial charge in [-0.25, -0.2) is 0 Å². The molecule has 0 radical (unpaired) electrons. The molecular formula is C21H21N5O2. The molecule has 2 amide bonds. The largest absolute Gasteiger partial charge is 0.397 e.